The van der Waals surface area contributed by atoms with Crippen LogP contribution in [0.5, 0.6) is 5.75 Å². The van der Waals surface area contributed by atoms with E-state index in [4.69, 9.17) is 10.00 Å². The van der Waals surface area contributed by atoms with Crippen LogP contribution in [-0.2, 0) is 6.61 Å². The second-order valence-electron chi connectivity index (χ2n) is 3.81. The number of nitro benzene ring substituents is 1. The first kappa shape index (κ1) is 12.6. The summed E-state index contributed by atoms with van der Waals surface area (Å²) in [6, 6.07) is 15.1. The summed E-state index contributed by atoms with van der Waals surface area (Å²) in [5.74, 6) is 0.511. The number of nitrogens with zero attached hydrogens (tertiary/aromatic N) is 2. The van der Waals surface area contributed by atoms with Gasteiger partial charge in [0.2, 0.25) is 0 Å². The molecule has 0 heterocycles. The average Bonchev–Trinajstić information content (AvgIpc) is 2.45. The van der Waals surface area contributed by atoms with Crippen LogP contribution in [0.25, 0.3) is 0 Å². The monoisotopic (exact) mass is 254 g/mol. The molecule has 2 aromatic carbocycles. The second kappa shape index (κ2) is 5.65. The Bertz CT molecular complexity index is 647. The number of para-hydroxylation sites is 1. The predicted molar refractivity (Wildman–Crippen MR) is 68.6 cm³/mol. The molecule has 0 aliphatic heterocycles. The normalized spacial score (nSPS) is 9.63. The Morgan fingerprint density at radius 1 is 1.21 bits per heavy atom. The lowest BCUT2D eigenvalue weighted by Crippen LogP contribution is -2.00. The molecule has 19 heavy (non-hydrogen) atoms. The molecule has 0 amide bonds. The predicted octanol–water partition coefficient (Wildman–Crippen LogP) is 3.05. The molecular weight excluding hydrogens is 244 g/mol. The summed E-state index contributed by atoms with van der Waals surface area (Å²) in [7, 11) is 0. The van der Waals surface area contributed by atoms with Crippen molar-refractivity contribution in [3.05, 3.63) is 69.8 Å². The van der Waals surface area contributed by atoms with E-state index in [1.165, 1.54) is 6.07 Å². The highest BCUT2D eigenvalue weighted by Gasteiger charge is 2.12. The number of ether oxygens (including phenoxy) is 1. The van der Waals surface area contributed by atoms with Crippen LogP contribution in [0.1, 0.15) is 11.1 Å². The first-order valence-corrected chi connectivity index (χ1v) is 5.56. The molecule has 0 unspecified atom stereocenters. The van der Waals surface area contributed by atoms with Gasteiger partial charge in [0.15, 0.2) is 0 Å². The van der Waals surface area contributed by atoms with Crippen molar-refractivity contribution in [2.45, 2.75) is 6.61 Å². The van der Waals surface area contributed by atoms with Crippen molar-refractivity contribution in [2.24, 2.45) is 0 Å². The maximum absolute atomic E-state index is 10.8. The van der Waals surface area contributed by atoms with Crippen molar-refractivity contribution in [3.8, 4) is 11.8 Å². The smallest absolute Gasteiger partial charge is 0.276 e. The van der Waals surface area contributed by atoms with Crippen LogP contribution in [0.4, 0.5) is 5.69 Å². The average molecular weight is 254 g/mol. The summed E-state index contributed by atoms with van der Waals surface area (Å²) in [5, 5.41) is 19.6. The maximum Gasteiger partial charge on any atom is 0.276 e. The zero-order valence-electron chi connectivity index (χ0n) is 9.95. The van der Waals surface area contributed by atoms with Gasteiger partial charge < -0.3 is 4.74 Å². The van der Waals surface area contributed by atoms with Crippen molar-refractivity contribution in [2.75, 3.05) is 0 Å². The van der Waals surface area contributed by atoms with E-state index in [0.29, 0.717) is 16.9 Å². The van der Waals surface area contributed by atoms with Crippen LogP contribution in [0, 0.1) is 21.4 Å². The van der Waals surface area contributed by atoms with Gasteiger partial charge in [-0.1, -0.05) is 18.2 Å². The molecule has 0 N–H and O–H groups in total. The van der Waals surface area contributed by atoms with Gasteiger partial charge in [0.05, 0.1) is 22.1 Å². The molecule has 2 aromatic rings. The molecule has 0 atom stereocenters. The Kier molecular flexibility index (Phi) is 3.74. The van der Waals surface area contributed by atoms with Crippen molar-refractivity contribution >= 4 is 5.69 Å². The molecule has 0 radical (unpaired) electrons. The summed E-state index contributed by atoms with van der Waals surface area (Å²) in [4.78, 5) is 10.4. The maximum atomic E-state index is 10.8. The summed E-state index contributed by atoms with van der Waals surface area (Å²) < 4.78 is 5.47. The fourth-order valence-corrected chi connectivity index (χ4v) is 1.63. The molecule has 0 aliphatic carbocycles. The van der Waals surface area contributed by atoms with Gasteiger partial charge in [0.25, 0.3) is 5.69 Å². The topological polar surface area (TPSA) is 76.2 Å². The quantitative estimate of drug-likeness (QED) is 0.620. The van der Waals surface area contributed by atoms with E-state index < -0.39 is 4.92 Å². The third-order valence-electron chi connectivity index (χ3n) is 2.55. The van der Waals surface area contributed by atoms with Crippen LogP contribution >= 0.6 is 0 Å². The summed E-state index contributed by atoms with van der Waals surface area (Å²) in [5.41, 5.74) is 1.01. The van der Waals surface area contributed by atoms with Gasteiger partial charge in [0.1, 0.15) is 12.4 Å². The van der Waals surface area contributed by atoms with E-state index in [9.17, 15) is 10.1 Å². The number of hydrogen-bond donors (Lipinski definition) is 0. The highest BCUT2D eigenvalue weighted by molar-refractivity contribution is 5.40. The van der Waals surface area contributed by atoms with E-state index in [1.807, 2.05) is 6.07 Å². The van der Waals surface area contributed by atoms with E-state index >= 15 is 0 Å². The molecule has 0 saturated carbocycles. The highest BCUT2D eigenvalue weighted by atomic mass is 16.6. The molecular formula is C14H10N2O3. The largest absolute Gasteiger partial charge is 0.489 e. The molecule has 0 spiro atoms. The molecule has 94 valence electrons. The molecule has 2 rings (SSSR count). The lowest BCUT2D eigenvalue weighted by molar-refractivity contribution is -0.385. The minimum atomic E-state index is -0.440. The molecule has 0 saturated heterocycles. The minimum Gasteiger partial charge on any atom is -0.489 e. The molecule has 0 bridgehead atoms. The SMILES string of the molecule is N#Cc1cccc(OCc2ccccc2[N+](=O)[O-])c1. The fraction of sp³-hybridized carbons (Fsp3) is 0.0714. The van der Waals surface area contributed by atoms with Crippen LogP contribution in [0.2, 0.25) is 0 Å². The highest BCUT2D eigenvalue weighted by Crippen LogP contribution is 2.20. The number of hydrogen-bond acceptors (Lipinski definition) is 4. The summed E-state index contributed by atoms with van der Waals surface area (Å²) >= 11 is 0. The zero-order chi connectivity index (χ0) is 13.7. The van der Waals surface area contributed by atoms with Crippen LogP contribution in [-0.4, -0.2) is 4.92 Å². The lowest BCUT2D eigenvalue weighted by Gasteiger charge is -2.06. The van der Waals surface area contributed by atoms with Crippen molar-refractivity contribution in [1.82, 2.24) is 0 Å². The molecule has 0 fully saturated rings. The van der Waals surface area contributed by atoms with E-state index in [2.05, 4.69) is 0 Å². The van der Waals surface area contributed by atoms with Gasteiger partial charge in [-0.15, -0.1) is 0 Å². The Balaban J connectivity index is 2.15. The lowest BCUT2D eigenvalue weighted by atomic mass is 10.2. The second-order valence-corrected chi connectivity index (χ2v) is 3.81. The summed E-state index contributed by atoms with van der Waals surface area (Å²) in [6.07, 6.45) is 0. The van der Waals surface area contributed by atoms with Crippen molar-refractivity contribution < 1.29 is 9.66 Å². The van der Waals surface area contributed by atoms with Gasteiger partial charge in [-0.25, -0.2) is 0 Å². The molecule has 5 nitrogen and oxygen atoms in total. The third-order valence-corrected chi connectivity index (χ3v) is 2.55. The Morgan fingerprint density at radius 3 is 2.74 bits per heavy atom. The van der Waals surface area contributed by atoms with E-state index in [-0.39, 0.29) is 12.3 Å². The summed E-state index contributed by atoms with van der Waals surface area (Å²) in [6.45, 7) is 0.0893. The number of rotatable bonds is 4. The molecule has 5 heteroatoms. The first-order valence-electron chi connectivity index (χ1n) is 5.56. The van der Waals surface area contributed by atoms with Gasteiger partial charge in [-0.3, -0.25) is 10.1 Å². The molecule has 0 aromatic heterocycles. The Labute approximate surface area is 109 Å². The van der Waals surface area contributed by atoms with E-state index in [0.717, 1.165) is 0 Å². The van der Waals surface area contributed by atoms with Crippen molar-refractivity contribution in [1.29, 1.82) is 5.26 Å². The van der Waals surface area contributed by atoms with Gasteiger partial charge in [-0.05, 0) is 24.3 Å². The molecule has 0 aliphatic rings. The van der Waals surface area contributed by atoms with E-state index in [1.54, 1.807) is 42.5 Å². The number of nitro groups is 1. The van der Waals surface area contributed by atoms with Gasteiger partial charge in [-0.2, -0.15) is 5.26 Å². The number of nitriles is 1. The van der Waals surface area contributed by atoms with Gasteiger partial charge in [0, 0.05) is 6.07 Å². The van der Waals surface area contributed by atoms with Crippen LogP contribution < -0.4 is 4.74 Å². The van der Waals surface area contributed by atoms with Crippen LogP contribution in [0.3, 0.4) is 0 Å². The zero-order valence-corrected chi connectivity index (χ0v) is 9.95. The third kappa shape index (κ3) is 3.07. The number of benzene rings is 2. The standard InChI is InChI=1S/C14H10N2O3/c15-9-11-4-3-6-13(8-11)19-10-12-5-1-2-7-14(12)16(17)18/h1-8H,10H2. The minimum absolute atomic E-state index is 0.0268. The van der Waals surface area contributed by atoms with Gasteiger partial charge >= 0.3 is 0 Å². The Hall–Kier alpha value is -2.87. The van der Waals surface area contributed by atoms with Crippen molar-refractivity contribution in [3.63, 3.8) is 0 Å². The fourth-order valence-electron chi connectivity index (χ4n) is 1.63. The first-order chi connectivity index (χ1) is 9.20. The van der Waals surface area contributed by atoms with Crippen LogP contribution in [0.15, 0.2) is 48.5 Å². The Morgan fingerprint density at radius 2 is 2.00 bits per heavy atom.